The number of alkyl halides is 4. The molecule has 2 aliphatic carbocycles. The van der Waals surface area contributed by atoms with Crippen LogP contribution in [0.4, 0.5) is 17.6 Å². The molecule has 0 bridgehead atoms. The topological polar surface area (TPSA) is 0 Å². The quantitative estimate of drug-likeness (QED) is 0.406. The first-order valence-corrected chi connectivity index (χ1v) is 8.88. The van der Waals surface area contributed by atoms with Crippen molar-refractivity contribution in [2.24, 2.45) is 22.7 Å². The Hall–Kier alpha value is -0.280. The largest absolute Gasteiger partial charge is 0.248 e. The predicted molar refractivity (Wildman–Crippen MR) is 88.1 cm³/mol. The van der Waals surface area contributed by atoms with E-state index in [1.165, 1.54) is 0 Å². The number of halogens is 4. The zero-order valence-corrected chi connectivity index (χ0v) is 15.6. The highest BCUT2D eigenvalue weighted by molar-refractivity contribution is 4.87. The van der Waals surface area contributed by atoms with Crippen molar-refractivity contribution in [3.05, 3.63) is 0 Å². The van der Waals surface area contributed by atoms with Crippen molar-refractivity contribution in [3.8, 4) is 0 Å². The van der Waals surface area contributed by atoms with Gasteiger partial charge in [0.15, 0.2) is 0 Å². The molecule has 4 heteroatoms. The van der Waals surface area contributed by atoms with Crippen molar-refractivity contribution in [2.45, 2.75) is 98.3 Å². The third kappa shape index (κ3) is 7.01. The first kappa shape index (κ1) is 20.8. The zero-order valence-electron chi connectivity index (χ0n) is 15.6. The molecule has 0 spiro atoms. The van der Waals surface area contributed by atoms with Gasteiger partial charge in [-0.1, -0.05) is 41.5 Å². The van der Waals surface area contributed by atoms with Crippen LogP contribution in [0.1, 0.15) is 86.5 Å². The van der Waals surface area contributed by atoms with Crippen LogP contribution in [0.2, 0.25) is 0 Å². The number of hydrogen-bond acceptors (Lipinski definition) is 0. The molecule has 0 N–H and O–H groups in total. The van der Waals surface area contributed by atoms with E-state index < -0.39 is 11.8 Å². The Labute approximate surface area is 139 Å². The van der Waals surface area contributed by atoms with Crippen LogP contribution in [-0.4, -0.2) is 11.8 Å². The smallest absolute Gasteiger partial charge is 0.207 e. The van der Waals surface area contributed by atoms with Gasteiger partial charge in [-0.15, -0.1) is 0 Å². The van der Waals surface area contributed by atoms with Crippen LogP contribution in [0.25, 0.3) is 0 Å². The van der Waals surface area contributed by atoms with E-state index in [1.807, 2.05) is 20.8 Å². The van der Waals surface area contributed by atoms with Crippen molar-refractivity contribution in [3.63, 3.8) is 0 Å². The van der Waals surface area contributed by atoms with Crippen molar-refractivity contribution in [1.29, 1.82) is 0 Å². The molecular weight excluding hydrogens is 304 g/mol. The Kier molecular flexibility index (Phi) is 6.24. The Balaban J connectivity index is 0.000000231. The maximum absolute atomic E-state index is 12.8. The van der Waals surface area contributed by atoms with E-state index in [2.05, 4.69) is 20.8 Å². The van der Waals surface area contributed by atoms with Crippen molar-refractivity contribution >= 4 is 0 Å². The summed E-state index contributed by atoms with van der Waals surface area (Å²) < 4.78 is 51.0. The van der Waals surface area contributed by atoms with Crippen LogP contribution in [0.5, 0.6) is 0 Å². The summed E-state index contributed by atoms with van der Waals surface area (Å²) in [6.45, 7) is 12.5. The summed E-state index contributed by atoms with van der Waals surface area (Å²) in [6.07, 6.45) is 2.44. The second-order valence-electron chi connectivity index (χ2n) is 9.66. The fraction of sp³-hybridized carbons (Fsp3) is 1.00. The zero-order chi connectivity index (χ0) is 18.1. The van der Waals surface area contributed by atoms with Crippen LogP contribution in [0.3, 0.4) is 0 Å². The summed E-state index contributed by atoms with van der Waals surface area (Å²) in [5.74, 6) is -4.06. The number of rotatable bonds is 0. The van der Waals surface area contributed by atoms with Crippen LogP contribution in [0, 0.1) is 22.7 Å². The minimum absolute atomic E-state index is 0.0555. The van der Waals surface area contributed by atoms with Gasteiger partial charge >= 0.3 is 0 Å². The lowest BCUT2D eigenvalue weighted by atomic mass is 9.71. The fourth-order valence-electron chi connectivity index (χ4n) is 3.60. The highest BCUT2D eigenvalue weighted by atomic mass is 19.3. The molecule has 2 fully saturated rings. The van der Waals surface area contributed by atoms with E-state index in [-0.39, 0.29) is 42.4 Å². The van der Waals surface area contributed by atoms with E-state index in [0.717, 1.165) is 0 Å². The Morgan fingerprint density at radius 1 is 0.609 bits per heavy atom. The molecule has 1 unspecified atom stereocenters. The van der Waals surface area contributed by atoms with Gasteiger partial charge in [-0.2, -0.15) is 0 Å². The maximum atomic E-state index is 12.8. The molecule has 23 heavy (non-hydrogen) atoms. The molecule has 0 radical (unpaired) electrons. The predicted octanol–water partition coefficient (Wildman–Crippen LogP) is 7.33. The first-order valence-electron chi connectivity index (χ1n) is 8.88. The molecular formula is C19H34F4. The van der Waals surface area contributed by atoms with Gasteiger partial charge < -0.3 is 0 Å². The van der Waals surface area contributed by atoms with Gasteiger partial charge in [-0.25, -0.2) is 17.6 Å². The van der Waals surface area contributed by atoms with E-state index in [0.29, 0.717) is 25.2 Å². The summed E-state index contributed by atoms with van der Waals surface area (Å²) in [5, 5.41) is 0. The second kappa shape index (κ2) is 6.92. The summed E-state index contributed by atoms with van der Waals surface area (Å²) in [5.41, 5.74) is 0.260. The lowest BCUT2D eigenvalue weighted by molar-refractivity contribution is -0.0583. The highest BCUT2D eigenvalue weighted by Gasteiger charge is 2.43. The van der Waals surface area contributed by atoms with Gasteiger partial charge in [0.1, 0.15) is 0 Å². The Bertz CT molecular complexity index is 364. The van der Waals surface area contributed by atoms with E-state index in [1.54, 1.807) is 0 Å². The molecule has 2 saturated carbocycles. The Morgan fingerprint density at radius 3 is 1.22 bits per heavy atom. The molecule has 0 saturated heterocycles. The van der Waals surface area contributed by atoms with Crippen LogP contribution >= 0.6 is 0 Å². The SMILES string of the molecule is CC(C)(C)C1CCC(F)(F)C1.CC(C)(C)C1CCC(F)(F)CC1. The molecule has 2 rings (SSSR count). The van der Waals surface area contributed by atoms with Crippen molar-refractivity contribution in [1.82, 2.24) is 0 Å². The third-order valence-electron chi connectivity index (χ3n) is 5.57. The minimum atomic E-state index is -2.38. The van der Waals surface area contributed by atoms with Gasteiger partial charge in [-0.05, 0) is 41.9 Å². The molecule has 0 aliphatic heterocycles. The summed E-state index contributed by atoms with van der Waals surface area (Å²) >= 11 is 0. The fourth-order valence-corrected chi connectivity index (χ4v) is 3.60. The summed E-state index contributed by atoms with van der Waals surface area (Å²) in [7, 11) is 0. The Morgan fingerprint density at radius 2 is 0.957 bits per heavy atom. The molecule has 0 aromatic heterocycles. The lowest BCUT2D eigenvalue weighted by Crippen LogP contribution is -2.31. The average molecular weight is 338 g/mol. The van der Waals surface area contributed by atoms with Crippen LogP contribution < -0.4 is 0 Å². The first-order chi connectivity index (χ1) is 10.1. The molecule has 2 aliphatic rings. The summed E-state index contributed by atoms with van der Waals surface area (Å²) in [6, 6.07) is 0. The lowest BCUT2D eigenvalue weighted by Gasteiger charge is -2.36. The van der Waals surface area contributed by atoms with E-state index in [4.69, 9.17) is 0 Å². The van der Waals surface area contributed by atoms with E-state index in [9.17, 15) is 17.6 Å². The van der Waals surface area contributed by atoms with Crippen LogP contribution in [-0.2, 0) is 0 Å². The maximum Gasteiger partial charge on any atom is 0.248 e. The van der Waals surface area contributed by atoms with Gasteiger partial charge in [0.05, 0.1) is 0 Å². The normalized spacial score (nSPS) is 28.2. The second-order valence-corrected chi connectivity index (χ2v) is 9.66. The average Bonchev–Trinajstić information content (AvgIpc) is 2.68. The highest BCUT2D eigenvalue weighted by Crippen LogP contribution is 2.46. The molecule has 138 valence electrons. The van der Waals surface area contributed by atoms with E-state index >= 15 is 0 Å². The molecule has 0 nitrogen and oxygen atoms in total. The number of hydrogen-bond donors (Lipinski definition) is 0. The molecule has 0 amide bonds. The summed E-state index contributed by atoms with van der Waals surface area (Å²) in [4.78, 5) is 0. The van der Waals surface area contributed by atoms with Crippen molar-refractivity contribution < 1.29 is 17.6 Å². The van der Waals surface area contributed by atoms with Gasteiger partial charge in [0, 0.05) is 25.7 Å². The standard InChI is InChI=1S/C10H18F2.C9H16F2/c1-9(2,3)8-4-6-10(11,12)7-5-8;1-8(2,3)7-4-5-9(10,11)6-7/h8H,4-7H2,1-3H3;7H,4-6H2,1-3H3. The van der Waals surface area contributed by atoms with Gasteiger partial charge in [0.2, 0.25) is 11.8 Å². The van der Waals surface area contributed by atoms with Crippen LogP contribution in [0.15, 0.2) is 0 Å². The third-order valence-corrected chi connectivity index (χ3v) is 5.57. The molecule has 0 aromatic rings. The van der Waals surface area contributed by atoms with Gasteiger partial charge in [-0.3, -0.25) is 0 Å². The minimum Gasteiger partial charge on any atom is -0.207 e. The molecule has 1 atom stereocenters. The monoisotopic (exact) mass is 338 g/mol. The molecule has 0 heterocycles. The molecule has 0 aromatic carbocycles. The van der Waals surface area contributed by atoms with Gasteiger partial charge in [0.25, 0.3) is 0 Å². The van der Waals surface area contributed by atoms with Crippen molar-refractivity contribution in [2.75, 3.05) is 0 Å².